The second-order valence-corrected chi connectivity index (χ2v) is 12.7. The molecule has 0 aromatic carbocycles. The number of phosphoric acid groups is 1. The fraction of sp³-hybridized carbons (Fsp3) is 0.950. The Kier molecular flexibility index (Phi) is 11.4. The summed E-state index contributed by atoms with van der Waals surface area (Å²) in [6.07, 6.45) is -1.17. The molecule has 5 N–H and O–H groups in total. The van der Waals surface area contributed by atoms with Crippen LogP contribution < -0.4 is 5.32 Å². The quantitative estimate of drug-likeness (QED) is 0.179. The molecule has 0 aromatic heterocycles. The van der Waals surface area contributed by atoms with Gasteiger partial charge in [-0.25, -0.2) is 4.57 Å². The molecule has 2 aliphatic rings. The van der Waals surface area contributed by atoms with Crippen LogP contribution >= 0.6 is 19.4 Å². The van der Waals surface area contributed by atoms with Gasteiger partial charge in [0.05, 0.1) is 22.9 Å². The summed E-state index contributed by atoms with van der Waals surface area (Å²) in [4.78, 5) is 33.5. The third kappa shape index (κ3) is 8.19. The van der Waals surface area contributed by atoms with Crippen LogP contribution in [0.4, 0.5) is 0 Å². The largest absolute Gasteiger partial charge is 0.470 e. The third-order valence-electron chi connectivity index (χ3n) is 6.38. The summed E-state index contributed by atoms with van der Waals surface area (Å²) < 4.78 is 34.0. The lowest BCUT2D eigenvalue weighted by molar-refractivity contribution is -0.203. The number of hydrogen-bond acceptors (Lipinski definition) is 8. The van der Waals surface area contributed by atoms with Crippen LogP contribution in [-0.2, 0) is 29.4 Å². The minimum atomic E-state index is -5.08. The van der Waals surface area contributed by atoms with Gasteiger partial charge in [-0.2, -0.15) is 0 Å². The highest BCUT2D eigenvalue weighted by Crippen LogP contribution is 2.42. The summed E-state index contributed by atoms with van der Waals surface area (Å²) >= 11 is 6.19. The monoisotopic (exact) mass is 548 g/mol. The number of phosphoric ester groups is 1. The molecule has 0 bridgehead atoms. The molecule has 2 heterocycles. The van der Waals surface area contributed by atoms with E-state index in [1.54, 1.807) is 6.92 Å². The Morgan fingerprint density at radius 2 is 2.00 bits per heavy atom. The number of likely N-dealkylation sites (N-methyl/N-ethyl adjacent to an activating group) is 1. The van der Waals surface area contributed by atoms with Crippen molar-refractivity contribution in [3.05, 3.63) is 0 Å². The van der Waals surface area contributed by atoms with Gasteiger partial charge in [-0.05, 0) is 39.2 Å². The SMILES string of the molecule is CCCC[C@@H]1C[C@@H](C(=O)N[C@@H](C[C@H](C)Cl)C2O[C@@H](S(C)=O)[C@@H](OP(=O)(O)O)[C@H](O)[C@H]2O)N(C)C1. The summed E-state index contributed by atoms with van der Waals surface area (Å²) in [5.41, 5.74) is -1.45. The van der Waals surface area contributed by atoms with Crippen LogP contribution in [0.15, 0.2) is 0 Å². The van der Waals surface area contributed by atoms with E-state index >= 15 is 0 Å². The highest BCUT2D eigenvalue weighted by atomic mass is 35.5. The molecule has 0 saturated carbocycles. The molecule has 2 fully saturated rings. The van der Waals surface area contributed by atoms with Crippen molar-refractivity contribution in [2.45, 2.75) is 93.3 Å². The van der Waals surface area contributed by atoms with Crippen LogP contribution in [0.2, 0.25) is 0 Å². The predicted molar refractivity (Wildman–Crippen MR) is 128 cm³/mol. The first-order chi connectivity index (χ1) is 15.7. The Labute approximate surface area is 208 Å². The summed E-state index contributed by atoms with van der Waals surface area (Å²) in [5.74, 6) is 0.138. The zero-order chi connectivity index (χ0) is 25.8. The van der Waals surface area contributed by atoms with Crippen LogP contribution in [0.5, 0.6) is 0 Å². The summed E-state index contributed by atoms with van der Waals surface area (Å²) in [6, 6.07) is -1.22. The lowest BCUT2D eigenvalue weighted by Gasteiger charge is -2.44. The van der Waals surface area contributed by atoms with E-state index < -0.39 is 59.9 Å². The predicted octanol–water partition coefficient (Wildman–Crippen LogP) is 0.302. The molecule has 0 aromatic rings. The lowest BCUT2D eigenvalue weighted by Crippen LogP contribution is -2.65. The number of carbonyl (C=O) groups is 1. The molecule has 0 aliphatic carbocycles. The average molecular weight is 549 g/mol. The highest BCUT2D eigenvalue weighted by molar-refractivity contribution is 7.84. The maximum atomic E-state index is 13.2. The molecule has 14 heteroatoms. The number of unbranched alkanes of at least 4 members (excludes halogenated alkanes) is 1. The number of hydrogen-bond donors (Lipinski definition) is 5. The fourth-order valence-corrected chi connectivity index (χ4v) is 6.46. The van der Waals surface area contributed by atoms with Crippen LogP contribution in [0, 0.1) is 5.92 Å². The number of carbonyl (C=O) groups excluding carboxylic acids is 1. The van der Waals surface area contributed by atoms with E-state index in [2.05, 4.69) is 16.8 Å². The molecule has 2 saturated heterocycles. The fourth-order valence-electron chi connectivity index (χ4n) is 4.75. The minimum absolute atomic E-state index is 0.171. The van der Waals surface area contributed by atoms with Gasteiger partial charge in [0.25, 0.3) is 0 Å². The van der Waals surface area contributed by atoms with E-state index in [0.717, 1.165) is 25.8 Å². The van der Waals surface area contributed by atoms with E-state index in [-0.39, 0.29) is 18.4 Å². The lowest BCUT2D eigenvalue weighted by atomic mass is 9.92. The maximum absolute atomic E-state index is 13.2. The number of aliphatic hydroxyl groups is 2. The smallest absolute Gasteiger partial charge is 0.388 e. The van der Waals surface area contributed by atoms with Gasteiger partial charge in [-0.15, -0.1) is 11.6 Å². The van der Waals surface area contributed by atoms with Gasteiger partial charge >= 0.3 is 7.82 Å². The van der Waals surface area contributed by atoms with Gasteiger partial charge in [-0.3, -0.25) is 18.4 Å². The van der Waals surface area contributed by atoms with Crippen molar-refractivity contribution in [1.29, 1.82) is 0 Å². The Morgan fingerprint density at radius 3 is 2.53 bits per heavy atom. The van der Waals surface area contributed by atoms with Crippen LogP contribution in [0.25, 0.3) is 0 Å². The number of ether oxygens (including phenoxy) is 1. The van der Waals surface area contributed by atoms with Crippen LogP contribution in [-0.4, -0.2) is 102 Å². The number of nitrogens with one attached hydrogen (secondary N) is 1. The second-order valence-electron chi connectivity index (χ2n) is 9.34. The van der Waals surface area contributed by atoms with Crippen molar-refractivity contribution in [2.24, 2.45) is 5.92 Å². The molecule has 34 heavy (non-hydrogen) atoms. The maximum Gasteiger partial charge on any atom is 0.470 e. The number of rotatable bonds is 11. The van der Waals surface area contributed by atoms with E-state index in [4.69, 9.17) is 16.3 Å². The van der Waals surface area contributed by atoms with Crippen LogP contribution in [0.1, 0.15) is 46.0 Å². The van der Waals surface area contributed by atoms with E-state index in [9.17, 15) is 33.6 Å². The molecule has 0 spiro atoms. The van der Waals surface area contributed by atoms with Crippen molar-refractivity contribution in [3.63, 3.8) is 0 Å². The highest BCUT2D eigenvalue weighted by Gasteiger charge is 2.52. The number of alkyl halides is 1. The van der Waals surface area contributed by atoms with Gasteiger partial charge in [0, 0.05) is 18.2 Å². The number of nitrogens with zero attached hydrogens (tertiary/aromatic N) is 1. The van der Waals surface area contributed by atoms with E-state index in [0.29, 0.717) is 12.3 Å². The molecule has 2 unspecified atom stereocenters. The van der Waals surface area contributed by atoms with Crippen molar-refractivity contribution in [2.75, 3.05) is 19.8 Å². The average Bonchev–Trinajstić information content (AvgIpc) is 3.08. The molecular formula is C20H38ClN2O9PS. The molecule has 2 rings (SSSR count). The molecule has 200 valence electrons. The molecule has 2 aliphatic heterocycles. The Morgan fingerprint density at radius 1 is 1.35 bits per heavy atom. The number of likely N-dealkylation sites (tertiary alicyclic amines) is 1. The third-order valence-corrected chi connectivity index (χ3v) is 8.11. The zero-order valence-electron chi connectivity index (χ0n) is 19.9. The number of amides is 1. The Balaban J connectivity index is 2.21. The first kappa shape index (κ1) is 30.1. The van der Waals surface area contributed by atoms with Gasteiger partial charge in [0.1, 0.15) is 24.4 Å². The Hall–Kier alpha value is -0.140. The van der Waals surface area contributed by atoms with Gasteiger partial charge < -0.3 is 30.1 Å². The molecule has 11 nitrogen and oxygen atoms in total. The minimum Gasteiger partial charge on any atom is -0.388 e. The Bertz CT molecular complexity index is 758. The molecule has 1 amide bonds. The van der Waals surface area contributed by atoms with E-state index in [1.165, 1.54) is 6.26 Å². The van der Waals surface area contributed by atoms with Gasteiger partial charge in [0.15, 0.2) is 5.44 Å². The number of aliphatic hydroxyl groups excluding tert-OH is 2. The van der Waals surface area contributed by atoms with Gasteiger partial charge in [0.2, 0.25) is 5.91 Å². The van der Waals surface area contributed by atoms with E-state index in [1.807, 2.05) is 11.9 Å². The zero-order valence-corrected chi connectivity index (χ0v) is 22.4. The normalized spacial score (nSPS) is 35.6. The van der Waals surface area contributed by atoms with Gasteiger partial charge in [-0.1, -0.05) is 19.8 Å². The van der Waals surface area contributed by atoms with Crippen molar-refractivity contribution < 1.29 is 42.8 Å². The number of halogens is 1. The van der Waals surface area contributed by atoms with Crippen LogP contribution in [0.3, 0.4) is 0 Å². The van der Waals surface area contributed by atoms with Crippen molar-refractivity contribution in [3.8, 4) is 0 Å². The molecule has 0 radical (unpaired) electrons. The standard InChI is InChI=1S/C20H38ClN2O9PS/c1-5-6-7-12-9-14(23(3)10-12)19(26)22-13(8-11(2)21)17-15(24)16(25)18(32-33(27,28)29)20(31-17)34(4)30/h11-18,20,24-25H,5-10H2,1-4H3,(H,22,26)(H2,27,28,29)/t11-,12+,13-,14-,15+,16+,17?,18-,20-,34?/m0/s1. The topological polar surface area (TPSA) is 166 Å². The first-order valence-corrected chi connectivity index (χ1v) is 15.1. The van der Waals surface area contributed by atoms with Crippen molar-refractivity contribution >= 4 is 36.1 Å². The first-order valence-electron chi connectivity index (χ1n) is 11.5. The van der Waals surface area contributed by atoms with Crippen molar-refractivity contribution in [1.82, 2.24) is 10.2 Å². The summed E-state index contributed by atoms with van der Waals surface area (Å²) in [5, 5.41) is 23.8. The summed E-state index contributed by atoms with van der Waals surface area (Å²) in [7, 11) is -5.05. The molecular weight excluding hydrogens is 511 g/mol. The molecule has 10 atom stereocenters. The second kappa shape index (κ2) is 12.9. The summed E-state index contributed by atoms with van der Waals surface area (Å²) in [6.45, 7) is 4.62.